The molecule has 1 aromatic rings. The van der Waals surface area contributed by atoms with Crippen molar-refractivity contribution in [1.29, 1.82) is 5.26 Å². The second-order valence-electron chi connectivity index (χ2n) is 3.76. The highest BCUT2D eigenvalue weighted by atomic mass is 16.4. The molecule has 3 heteroatoms. The minimum absolute atomic E-state index is 0.0306. The molecule has 0 aromatic heterocycles. The predicted molar refractivity (Wildman–Crippen MR) is 56.4 cm³/mol. The van der Waals surface area contributed by atoms with Gasteiger partial charge in [-0.3, -0.25) is 4.79 Å². The lowest BCUT2D eigenvalue weighted by molar-refractivity contribution is -0.139. The maximum Gasteiger partial charge on any atom is 0.311 e. The Morgan fingerprint density at radius 3 is 2.47 bits per heavy atom. The van der Waals surface area contributed by atoms with Crippen LogP contribution in [0.2, 0.25) is 0 Å². The van der Waals surface area contributed by atoms with Gasteiger partial charge in [-0.2, -0.15) is 5.26 Å². The van der Waals surface area contributed by atoms with Gasteiger partial charge in [-0.25, -0.2) is 0 Å². The highest BCUT2D eigenvalue weighted by Gasteiger charge is 2.25. The zero-order chi connectivity index (χ0) is 11.4. The fraction of sp³-hybridized carbons (Fsp3) is 0.333. The smallest absolute Gasteiger partial charge is 0.311 e. The predicted octanol–water partition coefficient (Wildman–Crippen LogP) is 2.38. The van der Waals surface area contributed by atoms with Gasteiger partial charge in [-0.15, -0.1) is 0 Å². The summed E-state index contributed by atoms with van der Waals surface area (Å²) >= 11 is 0. The Balaban J connectivity index is 3.24. The normalized spacial score (nSPS) is 12.1. The first-order valence-corrected chi connectivity index (χ1v) is 4.79. The molecule has 0 bridgehead atoms. The van der Waals surface area contributed by atoms with E-state index < -0.39 is 11.9 Å². The van der Waals surface area contributed by atoms with E-state index in [0.29, 0.717) is 11.1 Å². The molecule has 0 fully saturated rings. The lowest BCUT2D eigenvalue weighted by Crippen LogP contribution is -2.18. The first kappa shape index (κ1) is 11.3. The summed E-state index contributed by atoms with van der Waals surface area (Å²) in [7, 11) is 0. The Labute approximate surface area is 89.0 Å². The van der Waals surface area contributed by atoms with Crippen LogP contribution in [0.5, 0.6) is 0 Å². The molecule has 0 saturated heterocycles. The third kappa shape index (κ3) is 2.35. The first-order valence-electron chi connectivity index (χ1n) is 4.79. The van der Waals surface area contributed by atoms with E-state index in [1.807, 2.05) is 19.9 Å². The van der Waals surface area contributed by atoms with Crippen LogP contribution < -0.4 is 0 Å². The van der Waals surface area contributed by atoms with Crippen LogP contribution in [0.15, 0.2) is 24.3 Å². The number of carboxylic acid groups (broad SMARTS) is 1. The number of aliphatic carboxylic acids is 1. The number of benzene rings is 1. The first-order chi connectivity index (χ1) is 7.07. The molecule has 0 aliphatic heterocycles. The molecule has 1 rings (SSSR count). The highest BCUT2D eigenvalue weighted by Crippen LogP contribution is 2.27. The lowest BCUT2D eigenvalue weighted by atomic mass is 9.86. The van der Waals surface area contributed by atoms with Crippen LogP contribution in [0.25, 0.3) is 0 Å². The van der Waals surface area contributed by atoms with Crippen molar-refractivity contribution >= 4 is 5.97 Å². The van der Waals surface area contributed by atoms with Crippen molar-refractivity contribution in [3.63, 3.8) is 0 Å². The maximum atomic E-state index is 11.1. The van der Waals surface area contributed by atoms with Gasteiger partial charge < -0.3 is 5.11 Å². The molecule has 0 spiro atoms. The molecule has 78 valence electrons. The van der Waals surface area contributed by atoms with Crippen molar-refractivity contribution in [3.8, 4) is 6.07 Å². The standard InChI is InChI=1S/C12H13NO2/c1-8(2)11(12(14)15)10-6-4-3-5-9(10)7-13/h3-6,8,11H,1-2H3,(H,14,15). The molecule has 3 nitrogen and oxygen atoms in total. The number of hydrogen-bond donors (Lipinski definition) is 1. The average molecular weight is 203 g/mol. The molecule has 0 saturated carbocycles. The summed E-state index contributed by atoms with van der Waals surface area (Å²) in [6.45, 7) is 3.68. The summed E-state index contributed by atoms with van der Waals surface area (Å²) in [6.07, 6.45) is 0. The Bertz CT molecular complexity index is 404. The van der Waals surface area contributed by atoms with Crippen molar-refractivity contribution in [2.45, 2.75) is 19.8 Å². The third-order valence-corrected chi connectivity index (χ3v) is 2.35. The Kier molecular flexibility index (Phi) is 3.46. The fourth-order valence-corrected chi connectivity index (χ4v) is 1.65. The largest absolute Gasteiger partial charge is 0.481 e. The molecule has 0 radical (unpaired) electrons. The van der Waals surface area contributed by atoms with Gasteiger partial charge >= 0.3 is 5.97 Å². The summed E-state index contributed by atoms with van der Waals surface area (Å²) in [4.78, 5) is 11.1. The zero-order valence-corrected chi connectivity index (χ0v) is 8.77. The minimum Gasteiger partial charge on any atom is -0.481 e. The molecule has 1 unspecified atom stereocenters. The molecule has 0 amide bonds. The van der Waals surface area contributed by atoms with Gasteiger partial charge in [0.2, 0.25) is 0 Å². The van der Waals surface area contributed by atoms with Crippen molar-refractivity contribution in [2.75, 3.05) is 0 Å². The summed E-state index contributed by atoms with van der Waals surface area (Å²) < 4.78 is 0. The molecule has 1 N–H and O–H groups in total. The zero-order valence-electron chi connectivity index (χ0n) is 8.77. The Hall–Kier alpha value is -1.82. The van der Waals surface area contributed by atoms with Crippen LogP contribution in [-0.2, 0) is 4.79 Å². The highest BCUT2D eigenvalue weighted by molar-refractivity contribution is 5.77. The maximum absolute atomic E-state index is 11.1. The van der Waals surface area contributed by atoms with Crippen LogP contribution in [-0.4, -0.2) is 11.1 Å². The van der Waals surface area contributed by atoms with E-state index in [4.69, 9.17) is 10.4 Å². The summed E-state index contributed by atoms with van der Waals surface area (Å²) in [5.74, 6) is -1.52. The van der Waals surface area contributed by atoms with Gasteiger partial charge in [0.05, 0.1) is 17.6 Å². The third-order valence-electron chi connectivity index (χ3n) is 2.35. The number of nitrogens with zero attached hydrogens (tertiary/aromatic N) is 1. The van der Waals surface area contributed by atoms with Gasteiger partial charge in [-0.1, -0.05) is 32.0 Å². The van der Waals surface area contributed by atoms with Crippen LogP contribution in [0, 0.1) is 17.2 Å². The number of rotatable bonds is 3. The van der Waals surface area contributed by atoms with E-state index >= 15 is 0 Å². The quantitative estimate of drug-likeness (QED) is 0.820. The SMILES string of the molecule is CC(C)C(C(=O)O)c1ccccc1C#N. The van der Waals surface area contributed by atoms with Crippen LogP contribution in [0.3, 0.4) is 0 Å². The van der Waals surface area contributed by atoms with Crippen LogP contribution in [0.1, 0.15) is 30.9 Å². The average Bonchev–Trinajstić information content (AvgIpc) is 2.17. The second kappa shape index (κ2) is 4.61. The number of nitriles is 1. The summed E-state index contributed by atoms with van der Waals surface area (Å²) in [5.41, 5.74) is 1.04. The summed E-state index contributed by atoms with van der Waals surface area (Å²) in [5, 5.41) is 18.0. The molecule has 1 atom stereocenters. The van der Waals surface area contributed by atoms with E-state index in [0.717, 1.165) is 0 Å². The number of hydrogen-bond acceptors (Lipinski definition) is 2. The van der Waals surface area contributed by atoms with E-state index in [1.54, 1.807) is 24.3 Å². The topological polar surface area (TPSA) is 61.1 Å². The Morgan fingerprint density at radius 1 is 1.40 bits per heavy atom. The van der Waals surface area contributed by atoms with Crippen LogP contribution in [0.4, 0.5) is 0 Å². The fourth-order valence-electron chi connectivity index (χ4n) is 1.65. The van der Waals surface area contributed by atoms with E-state index in [1.165, 1.54) is 0 Å². The van der Waals surface area contributed by atoms with Crippen molar-refractivity contribution in [2.24, 2.45) is 5.92 Å². The molecular weight excluding hydrogens is 190 g/mol. The van der Waals surface area contributed by atoms with E-state index in [2.05, 4.69) is 0 Å². The summed E-state index contributed by atoms with van der Waals surface area (Å²) in [6, 6.07) is 8.87. The minimum atomic E-state index is -0.882. The Morgan fingerprint density at radius 2 is 2.00 bits per heavy atom. The van der Waals surface area contributed by atoms with Crippen molar-refractivity contribution in [1.82, 2.24) is 0 Å². The van der Waals surface area contributed by atoms with Gasteiger partial charge in [0.25, 0.3) is 0 Å². The molecule has 0 aliphatic rings. The van der Waals surface area contributed by atoms with Gasteiger partial charge in [0, 0.05) is 0 Å². The monoisotopic (exact) mass is 203 g/mol. The molecule has 15 heavy (non-hydrogen) atoms. The second-order valence-corrected chi connectivity index (χ2v) is 3.76. The lowest BCUT2D eigenvalue weighted by Gasteiger charge is -2.17. The van der Waals surface area contributed by atoms with Crippen LogP contribution >= 0.6 is 0 Å². The number of carbonyl (C=O) groups is 1. The number of carboxylic acids is 1. The van der Waals surface area contributed by atoms with Gasteiger partial charge in [-0.05, 0) is 17.5 Å². The molecular formula is C12H13NO2. The van der Waals surface area contributed by atoms with Gasteiger partial charge in [0.15, 0.2) is 0 Å². The van der Waals surface area contributed by atoms with Crippen molar-refractivity contribution < 1.29 is 9.90 Å². The molecule has 0 aliphatic carbocycles. The van der Waals surface area contributed by atoms with Gasteiger partial charge in [0.1, 0.15) is 0 Å². The molecule has 0 heterocycles. The molecule has 1 aromatic carbocycles. The van der Waals surface area contributed by atoms with E-state index in [9.17, 15) is 4.79 Å². The van der Waals surface area contributed by atoms with E-state index in [-0.39, 0.29) is 5.92 Å². The van der Waals surface area contributed by atoms with Crippen molar-refractivity contribution in [3.05, 3.63) is 35.4 Å².